The molecule has 0 fully saturated rings. The first-order chi connectivity index (χ1) is 29.4. The van der Waals surface area contributed by atoms with E-state index in [9.17, 15) is 53.4 Å². The summed E-state index contributed by atoms with van der Waals surface area (Å²) in [5.74, 6) is -9.59. The summed E-state index contributed by atoms with van der Waals surface area (Å²) < 4.78 is 0. The van der Waals surface area contributed by atoms with Crippen molar-refractivity contribution in [3.63, 3.8) is 0 Å². The summed E-state index contributed by atoms with van der Waals surface area (Å²) in [5, 5.41) is 46.8. The molecule has 0 saturated heterocycles. The Morgan fingerprint density at radius 1 is 0.661 bits per heavy atom. The summed E-state index contributed by atoms with van der Waals surface area (Å²) in [4.78, 5) is 116. The summed E-state index contributed by atoms with van der Waals surface area (Å²) >= 11 is 0. The first-order valence-corrected chi connectivity index (χ1v) is 20.1. The molecule has 0 unspecified atom stereocenters. The Hall–Kier alpha value is -6.23. The molecule has 0 aliphatic rings. The molecule has 2 rings (SSSR count). The Morgan fingerprint density at radius 3 is 1.84 bits per heavy atom. The molecule has 342 valence electrons. The Kier molecular flexibility index (Phi) is 22.5. The SMILES string of the molecule is CC(C)[C@H](NC(=O)[C@H](CO)NC(=O)[C@H](CC(N)=O)NC(=O)[C@H](Cc1ccc2ccccc2c1)NC(=O)[C@H](CC(=O)O)NC(=O)[C@@H](N)CCCCN)C(=O)NCC(=O)NCCCO. The second-order valence-electron chi connectivity index (χ2n) is 14.8. The fraction of sp³-hybridized carbons (Fsp3) is 0.525. The van der Waals surface area contributed by atoms with Gasteiger partial charge in [-0.2, -0.15) is 0 Å². The Morgan fingerprint density at radius 2 is 1.24 bits per heavy atom. The molecule has 8 amide bonds. The van der Waals surface area contributed by atoms with Gasteiger partial charge in [0.25, 0.3) is 0 Å². The van der Waals surface area contributed by atoms with Crippen LogP contribution in [0.4, 0.5) is 0 Å². The number of carboxylic acid groups (broad SMARTS) is 1. The molecular weight excluding hydrogens is 812 g/mol. The summed E-state index contributed by atoms with van der Waals surface area (Å²) in [6.07, 6.45) is -0.413. The monoisotopic (exact) mass is 872 g/mol. The van der Waals surface area contributed by atoms with Gasteiger partial charge in [0.15, 0.2) is 0 Å². The molecule has 0 radical (unpaired) electrons. The number of primary amides is 1. The number of hydrogen-bond acceptors (Lipinski definition) is 13. The van der Waals surface area contributed by atoms with Crippen LogP contribution in [0, 0.1) is 5.92 Å². The number of amides is 8. The largest absolute Gasteiger partial charge is 0.481 e. The topological polar surface area (TPSA) is 377 Å². The van der Waals surface area contributed by atoms with Crippen molar-refractivity contribution < 1.29 is 58.5 Å². The maximum Gasteiger partial charge on any atom is 0.305 e. The maximum atomic E-state index is 14.0. The second kappa shape index (κ2) is 26.9. The summed E-state index contributed by atoms with van der Waals surface area (Å²) in [5.41, 5.74) is 17.4. The summed E-state index contributed by atoms with van der Waals surface area (Å²) in [6.45, 7) is 2.09. The number of aliphatic hydroxyl groups is 2. The van der Waals surface area contributed by atoms with Crippen molar-refractivity contribution in [1.82, 2.24) is 37.2 Å². The third kappa shape index (κ3) is 18.2. The van der Waals surface area contributed by atoms with Gasteiger partial charge in [-0.05, 0) is 48.1 Å². The fourth-order valence-electron chi connectivity index (χ4n) is 5.97. The number of nitrogens with one attached hydrogen (secondary N) is 7. The van der Waals surface area contributed by atoms with E-state index < -0.39 is 121 Å². The molecule has 22 heteroatoms. The molecule has 0 spiro atoms. The van der Waals surface area contributed by atoms with Crippen LogP contribution in [0.25, 0.3) is 10.8 Å². The zero-order valence-electron chi connectivity index (χ0n) is 34.8. The highest BCUT2D eigenvalue weighted by Crippen LogP contribution is 2.17. The third-order valence-corrected chi connectivity index (χ3v) is 9.39. The molecule has 62 heavy (non-hydrogen) atoms. The van der Waals surface area contributed by atoms with E-state index in [1.807, 2.05) is 12.1 Å². The fourth-order valence-corrected chi connectivity index (χ4v) is 5.97. The average molecular weight is 873 g/mol. The molecule has 0 aromatic heterocycles. The van der Waals surface area contributed by atoms with Gasteiger partial charge < -0.3 is 69.7 Å². The van der Waals surface area contributed by atoms with Crippen molar-refractivity contribution in [3.05, 3.63) is 48.0 Å². The number of hydrogen-bond donors (Lipinski definition) is 13. The van der Waals surface area contributed by atoms with Crippen LogP contribution in [0.1, 0.15) is 57.9 Å². The Bertz CT molecular complexity index is 1880. The number of carbonyl (C=O) groups is 9. The van der Waals surface area contributed by atoms with Crippen molar-refractivity contribution >= 4 is 64.0 Å². The van der Waals surface area contributed by atoms with Crippen molar-refractivity contribution in [2.45, 2.75) is 95.0 Å². The van der Waals surface area contributed by atoms with Crippen molar-refractivity contribution in [2.75, 3.05) is 32.8 Å². The van der Waals surface area contributed by atoms with Crippen molar-refractivity contribution in [2.24, 2.45) is 23.1 Å². The van der Waals surface area contributed by atoms with Gasteiger partial charge in [0.05, 0.1) is 32.0 Å². The minimum Gasteiger partial charge on any atom is -0.481 e. The number of fused-ring (bicyclic) bond motifs is 1. The van der Waals surface area contributed by atoms with Crippen LogP contribution in [0.3, 0.4) is 0 Å². The summed E-state index contributed by atoms with van der Waals surface area (Å²) in [7, 11) is 0. The molecule has 0 heterocycles. The van der Waals surface area contributed by atoms with Gasteiger partial charge in [-0.25, -0.2) is 0 Å². The van der Waals surface area contributed by atoms with Crippen LogP contribution in [-0.4, -0.2) is 138 Å². The molecule has 2 aromatic rings. The third-order valence-electron chi connectivity index (χ3n) is 9.39. The highest BCUT2D eigenvalue weighted by Gasteiger charge is 2.34. The van der Waals surface area contributed by atoms with Crippen molar-refractivity contribution in [3.8, 4) is 0 Å². The highest BCUT2D eigenvalue weighted by molar-refractivity contribution is 5.99. The van der Waals surface area contributed by atoms with Crippen molar-refractivity contribution in [1.29, 1.82) is 0 Å². The number of unbranched alkanes of at least 4 members (excludes halogenated alkanes) is 1. The van der Waals surface area contributed by atoms with Crippen LogP contribution in [0.5, 0.6) is 0 Å². The van der Waals surface area contributed by atoms with E-state index in [0.29, 0.717) is 31.4 Å². The number of rotatable bonds is 28. The van der Waals surface area contributed by atoms with Gasteiger partial charge in [0.2, 0.25) is 47.3 Å². The number of aliphatic carboxylic acids is 1. The Labute approximate surface area is 358 Å². The average Bonchev–Trinajstić information content (AvgIpc) is 3.22. The van der Waals surface area contributed by atoms with E-state index in [2.05, 4.69) is 37.2 Å². The lowest BCUT2D eigenvalue weighted by molar-refractivity contribution is -0.141. The Balaban J connectivity index is 2.35. The smallest absolute Gasteiger partial charge is 0.305 e. The van der Waals surface area contributed by atoms with Gasteiger partial charge in [-0.15, -0.1) is 0 Å². The minimum absolute atomic E-state index is 0.150. The zero-order valence-corrected chi connectivity index (χ0v) is 34.8. The minimum atomic E-state index is -1.80. The van der Waals surface area contributed by atoms with Gasteiger partial charge in [-0.3, -0.25) is 43.2 Å². The molecule has 6 atom stereocenters. The van der Waals surface area contributed by atoms with Gasteiger partial charge in [-0.1, -0.05) is 62.7 Å². The first kappa shape index (κ1) is 51.9. The van der Waals surface area contributed by atoms with Crippen LogP contribution in [0.15, 0.2) is 42.5 Å². The van der Waals surface area contributed by atoms with E-state index >= 15 is 0 Å². The molecule has 0 aliphatic heterocycles. The maximum absolute atomic E-state index is 14.0. The lowest BCUT2D eigenvalue weighted by Crippen LogP contribution is -2.61. The molecule has 0 aliphatic carbocycles. The van der Waals surface area contributed by atoms with E-state index in [-0.39, 0.29) is 26.0 Å². The van der Waals surface area contributed by atoms with E-state index in [1.54, 1.807) is 44.2 Å². The normalized spacial score (nSPS) is 13.9. The first-order valence-electron chi connectivity index (χ1n) is 20.1. The lowest BCUT2D eigenvalue weighted by atomic mass is 10.00. The molecule has 0 bridgehead atoms. The van der Waals surface area contributed by atoms with Crippen LogP contribution in [0.2, 0.25) is 0 Å². The second-order valence-corrected chi connectivity index (χ2v) is 14.8. The predicted octanol–water partition coefficient (Wildman–Crippen LogP) is -4.12. The van der Waals surface area contributed by atoms with Gasteiger partial charge >= 0.3 is 5.97 Å². The summed E-state index contributed by atoms with van der Waals surface area (Å²) in [6, 6.07) is 3.26. The van der Waals surface area contributed by atoms with Crippen LogP contribution in [-0.2, 0) is 49.6 Å². The highest BCUT2D eigenvalue weighted by atomic mass is 16.4. The molecule has 0 saturated carbocycles. The van der Waals surface area contributed by atoms with E-state index in [4.69, 9.17) is 22.3 Å². The molecule has 22 nitrogen and oxygen atoms in total. The number of aliphatic hydroxyl groups excluding tert-OH is 2. The van der Waals surface area contributed by atoms with Crippen LogP contribution >= 0.6 is 0 Å². The van der Waals surface area contributed by atoms with E-state index in [1.165, 1.54) is 0 Å². The van der Waals surface area contributed by atoms with E-state index in [0.717, 1.165) is 10.8 Å². The molecule has 16 N–H and O–H groups in total. The standard InChI is InChI=1S/C40H60N10O12/c1-22(2)34(40(62)45-20-32(54)44-14-7-15-51)50-39(61)30(21-52)49-37(59)28(18-31(43)53)48-36(58)27(17-23-11-12-24-8-3-4-9-25(24)16-23)47-38(60)29(19-33(55)56)46-35(57)26(42)10-5-6-13-41/h3-4,8-9,11-12,16,22,26-30,34,51-52H,5-7,10,13-15,17-21,41-42H2,1-2H3,(H2,43,53)(H,44,54)(H,45,62)(H,46,57)(H,47,60)(H,48,58)(H,49,59)(H,50,61)(H,55,56)/t26-,27-,28-,29-,30-,34-/m0/s1. The number of carboxylic acids is 1. The number of carbonyl (C=O) groups excluding carboxylic acids is 8. The predicted molar refractivity (Wildman–Crippen MR) is 224 cm³/mol. The van der Waals surface area contributed by atoms with Crippen LogP contribution < -0.4 is 54.4 Å². The molecular formula is C40H60N10O12. The lowest BCUT2D eigenvalue weighted by Gasteiger charge is -2.27. The quantitative estimate of drug-likeness (QED) is 0.0362. The molecule has 2 aromatic carbocycles. The van der Waals surface area contributed by atoms with Gasteiger partial charge in [0.1, 0.15) is 30.2 Å². The van der Waals surface area contributed by atoms with Gasteiger partial charge in [0, 0.05) is 19.6 Å². The number of benzene rings is 2. The number of nitrogens with two attached hydrogens (primary N) is 3. The zero-order chi connectivity index (χ0) is 46.4.